The van der Waals surface area contributed by atoms with Crippen LogP contribution in [0.25, 0.3) is 5.69 Å². The third-order valence-electron chi connectivity index (χ3n) is 2.01. The highest BCUT2D eigenvalue weighted by atomic mass is 16.6. The topological polar surface area (TPSA) is 111 Å². The predicted molar refractivity (Wildman–Crippen MR) is 55.0 cm³/mol. The number of carbonyl (C=O) groups is 1. The fraction of sp³-hybridized carbons (Fsp3) is 0. The Morgan fingerprint density at radius 3 is 2.47 bits per heavy atom. The van der Waals surface area contributed by atoms with Crippen molar-refractivity contribution in [2.75, 3.05) is 0 Å². The van der Waals surface area contributed by atoms with Crippen LogP contribution in [0.1, 0.15) is 10.6 Å². The van der Waals surface area contributed by atoms with Crippen LogP contribution in [0.2, 0.25) is 0 Å². The van der Waals surface area contributed by atoms with E-state index >= 15 is 0 Å². The monoisotopic (exact) mass is 234 g/mol. The van der Waals surface area contributed by atoms with Crippen LogP contribution in [0.5, 0.6) is 0 Å². The summed E-state index contributed by atoms with van der Waals surface area (Å²) in [6.45, 7) is 0. The van der Waals surface area contributed by atoms with Crippen molar-refractivity contribution in [3.8, 4) is 5.69 Å². The Kier molecular flexibility index (Phi) is 2.53. The number of para-hydroxylation sites is 1. The molecular formula is C9H6N4O4. The SMILES string of the molecule is O=C(O)c1nnc([N+](=O)[O-])n1-c1ccccc1. The van der Waals surface area contributed by atoms with Crippen LogP contribution in [0.15, 0.2) is 30.3 Å². The van der Waals surface area contributed by atoms with Gasteiger partial charge in [-0.3, -0.25) is 0 Å². The highest BCUT2D eigenvalue weighted by Gasteiger charge is 2.28. The van der Waals surface area contributed by atoms with Crippen molar-refractivity contribution in [1.82, 2.24) is 14.8 Å². The zero-order valence-electron chi connectivity index (χ0n) is 8.35. The fourth-order valence-corrected chi connectivity index (χ4v) is 1.35. The van der Waals surface area contributed by atoms with E-state index in [-0.39, 0.29) is 0 Å². The van der Waals surface area contributed by atoms with Crippen LogP contribution in [-0.4, -0.2) is 30.8 Å². The van der Waals surface area contributed by atoms with Crippen molar-refractivity contribution in [2.45, 2.75) is 0 Å². The normalized spacial score (nSPS) is 10.1. The van der Waals surface area contributed by atoms with E-state index in [1.54, 1.807) is 18.2 Å². The van der Waals surface area contributed by atoms with E-state index in [4.69, 9.17) is 5.11 Å². The van der Waals surface area contributed by atoms with Gasteiger partial charge >= 0.3 is 17.7 Å². The molecule has 8 heteroatoms. The lowest BCUT2D eigenvalue weighted by Gasteiger charge is -2.00. The number of nitro groups is 1. The number of hydrogen-bond acceptors (Lipinski definition) is 5. The summed E-state index contributed by atoms with van der Waals surface area (Å²) in [5, 5.41) is 26.1. The Balaban J connectivity index is 2.69. The molecule has 2 aromatic rings. The predicted octanol–water partition coefficient (Wildman–Crippen LogP) is 0.874. The van der Waals surface area contributed by atoms with Gasteiger partial charge in [-0.1, -0.05) is 18.2 Å². The second-order valence-corrected chi connectivity index (χ2v) is 3.06. The highest BCUT2D eigenvalue weighted by Crippen LogP contribution is 2.18. The van der Waals surface area contributed by atoms with Gasteiger partial charge < -0.3 is 15.2 Å². The average Bonchev–Trinajstić information content (AvgIpc) is 2.74. The Morgan fingerprint density at radius 1 is 1.29 bits per heavy atom. The van der Waals surface area contributed by atoms with Gasteiger partial charge in [0.15, 0.2) is 0 Å². The first kappa shape index (κ1) is 10.7. The van der Waals surface area contributed by atoms with E-state index in [0.29, 0.717) is 5.69 Å². The molecule has 17 heavy (non-hydrogen) atoms. The summed E-state index contributed by atoms with van der Waals surface area (Å²) in [5.41, 5.74) is 0.321. The summed E-state index contributed by atoms with van der Waals surface area (Å²) in [6.07, 6.45) is 0. The van der Waals surface area contributed by atoms with Crippen molar-refractivity contribution in [2.24, 2.45) is 0 Å². The van der Waals surface area contributed by atoms with Crippen LogP contribution in [0, 0.1) is 10.1 Å². The first-order chi connectivity index (χ1) is 8.11. The lowest BCUT2D eigenvalue weighted by Crippen LogP contribution is -2.10. The largest absolute Gasteiger partial charge is 0.474 e. The maximum atomic E-state index is 10.9. The van der Waals surface area contributed by atoms with Gasteiger partial charge in [-0.2, -0.15) is 4.57 Å². The third kappa shape index (κ3) is 1.83. The molecule has 1 aromatic carbocycles. The maximum absolute atomic E-state index is 10.9. The van der Waals surface area contributed by atoms with Crippen molar-refractivity contribution < 1.29 is 14.8 Å². The first-order valence-corrected chi connectivity index (χ1v) is 4.50. The molecule has 8 nitrogen and oxygen atoms in total. The molecule has 1 aromatic heterocycles. The quantitative estimate of drug-likeness (QED) is 0.623. The zero-order valence-corrected chi connectivity index (χ0v) is 8.35. The second-order valence-electron chi connectivity index (χ2n) is 3.06. The summed E-state index contributed by atoms with van der Waals surface area (Å²) < 4.78 is 0.877. The molecule has 0 aliphatic heterocycles. The minimum Gasteiger partial charge on any atom is -0.474 e. The van der Waals surface area contributed by atoms with E-state index in [1.807, 2.05) is 0 Å². The van der Waals surface area contributed by atoms with E-state index < -0.39 is 22.7 Å². The zero-order chi connectivity index (χ0) is 12.4. The molecular weight excluding hydrogens is 228 g/mol. The van der Waals surface area contributed by atoms with Crippen LogP contribution in [-0.2, 0) is 0 Å². The number of carboxylic acid groups (broad SMARTS) is 1. The lowest BCUT2D eigenvalue weighted by atomic mass is 10.3. The number of aromatic nitrogens is 3. The smallest absolute Gasteiger partial charge is 0.464 e. The number of benzene rings is 1. The summed E-state index contributed by atoms with van der Waals surface area (Å²) in [6, 6.07) is 8.03. The highest BCUT2D eigenvalue weighted by molar-refractivity contribution is 5.84. The van der Waals surface area contributed by atoms with Crippen molar-refractivity contribution in [1.29, 1.82) is 0 Å². The van der Waals surface area contributed by atoms with Gasteiger partial charge in [-0.15, -0.1) is 0 Å². The van der Waals surface area contributed by atoms with Gasteiger partial charge in [0.25, 0.3) is 0 Å². The average molecular weight is 234 g/mol. The van der Waals surface area contributed by atoms with Crippen LogP contribution in [0.4, 0.5) is 5.95 Å². The summed E-state index contributed by atoms with van der Waals surface area (Å²) in [4.78, 5) is 20.8. The third-order valence-corrected chi connectivity index (χ3v) is 2.01. The second kappa shape index (κ2) is 4.00. The van der Waals surface area contributed by atoms with Gasteiger partial charge in [-0.05, 0) is 22.2 Å². The number of aromatic carboxylic acids is 1. The Morgan fingerprint density at radius 2 is 1.94 bits per heavy atom. The number of hydrogen-bond donors (Lipinski definition) is 1. The van der Waals surface area contributed by atoms with E-state index in [9.17, 15) is 14.9 Å². The molecule has 0 unspecified atom stereocenters. The van der Waals surface area contributed by atoms with Crippen LogP contribution < -0.4 is 0 Å². The molecule has 0 atom stereocenters. The van der Waals surface area contributed by atoms with E-state index in [1.165, 1.54) is 12.1 Å². The molecule has 0 aliphatic rings. The van der Waals surface area contributed by atoms with Crippen LogP contribution in [0.3, 0.4) is 0 Å². The Hall–Kier alpha value is -2.77. The summed E-state index contributed by atoms with van der Waals surface area (Å²) in [5.74, 6) is -2.51. The Labute approximate surface area is 94.3 Å². The van der Waals surface area contributed by atoms with E-state index in [2.05, 4.69) is 10.2 Å². The van der Waals surface area contributed by atoms with Crippen molar-refractivity contribution in [3.63, 3.8) is 0 Å². The molecule has 0 bridgehead atoms. The molecule has 1 N–H and O–H groups in total. The standard InChI is InChI=1S/C9H6N4O4/c14-8(15)7-10-11-9(13(16)17)12(7)6-4-2-1-3-5-6/h1-5H,(H,14,15). The summed E-state index contributed by atoms with van der Waals surface area (Å²) >= 11 is 0. The van der Waals surface area contributed by atoms with Crippen molar-refractivity contribution in [3.05, 3.63) is 46.3 Å². The number of carboxylic acids is 1. The molecule has 0 amide bonds. The van der Waals surface area contributed by atoms with Gasteiger partial charge in [0.1, 0.15) is 5.69 Å². The molecule has 0 spiro atoms. The molecule has 0 aliphatic carbocycles. The first-order valence-electron chi connectivity index (χ1n) is 4.50. The molecule has 0 saturated heterocycles. The molecule has 0 fully saturated rings. The minimum atomic E-state index is -1.38. The molecule has 2 rings (SSSR count). The Bertz CT molecular complexity index is 546. The lowest BCUT2D eigenvalue weighted by molar-refractivity contribution is -0.395. The molecule has 1 heterocycles. The van der Waals surface area contributed by atoms with Gasteiger partial charge in [0.05, 0.1) is 5.10 Å². The maximum Gasteiger partial charge on any atom is 0.464 e. The van der Waals surface area contributed by atoms with Crippen molar-refractivity contribution >= 4 is 11.9 Å². The summed E-state index contributed by atoms with van der Waals surface area (Å²) in [7, 11) is 0. The van der Waals surface area contributed by atoms with Gasteiger partial charge in [-0.25, -0.2) is 4.79 Å². The van der Waals surface area contributed by atoms with Gasteiger partial charge in [0.2, 0.25) is 0 Å². The number of rotatable bonds is 3. The minimum absolute atomic E-state index is 0.321. The number of nitrogens with zero attached hydrogens (tertiary/aromatic N) is 4. The molecule has 0 radical (unpaired) electrons. The fourth-order valence-electron chi connectivity index (χ4n) is 1.35. The molecule has 86 valence electrons. The van der Waals surface area contributed by atoms with Crippen LogP contribution >= 0.6 is 0 Å². The molecule has 0 saturated carbocycles. The van der Waals surface area contributed by atoms with E-state index in [0.717, 1.165) is 4.57 Å². The van der Waals surface area contributed by atoms with Gasteiger partial charge in [0, 0.05) is 0 Å².